The first-order valence-electron chi connectivity index (χ1n) is 3.92. The highest BCUT2D eigenvalue weighted by Gasteiger charge is 2.06. The van der Waals surface area contributed by atoms with Crippen LogP contribution in [-0.2, 0) is 0 Å². The Morgan fingerprint density at radius 3 is 2.77 bits per heavy atom. The lowest BCUT2D eigenvalue weighted by atomic mass is 10.1. The van der Waals surface area contributed by atoms with Crippen molar-refractivity contribution in [3.8, 4) is 0 Å². The Labute approximate surface area is 76.6 Å². The SMILES string of the molecule is Cc1cccc(N[N+](C)=O)c1C=N. The average molecular weight is 178 g/mol. The molecule has 0 fully saturated rings. The quantitative estimate of drug-likeness (QED) is 0.420. The minimum absolute atomic E-state index is 0.613. The van der Waals surface area contributed by atoms with Gasteiger partial charge in [-0.2, -0.15) is 0 Å². The van der Waals surface area contributed by atoms with Gasteiger partial charge in [-0.1, -0.05) is 12.1 Å². The molecule has 1 aromatic rings. The summed E-state index contributed by atoms with van der Waals surface area (Å²) in [6.45, 7) is 1.90. The van der Waals surface area contributed by atoms with E-state index in [0.717, 1.165) is 11.1 Å². The Morgan fingerprint density at radius 2 is 2.23 bits per heavy atom. The van der Waals surface area contributed by atoms with Crippen LogP contribution < -0.4 is 5.43 Å². The van der Waals surface area contributed by atoms with Crippen LogP contribution in [0.5, 0.6) is 0 Å². The third-order valence-corrected chi connectivity index (χ3v) is 1.75. The summed E-state index contributed by atoms with van der Waals surface area (Å²) < 4.78 is 0. The Kier molecular flexibility index (Phi) is 2.74. The molecule has 0 aliphatic carbocycles. The van der Waals surface area contributed by atoms with Crippen LogP contribution >= 0.6 is 0 Å². The first kappa shape index (κ1) is 9.38. The largest absolute Gasteiger partial charge is 0.308 e. The number of nitroso groups, excluding NO2 is 1. The van der Waals surface area contributed by atoms with Gasteiger partial charge in [-0.3, -0.25) is 0 Å². The maximum atomic E-state index is 10.7. The first-order chi connectivity index (χ1) is 6.15. The molecule has 0 radical (unpaired) electrons. The van der Waals surface area contributed by atoms with Crippen molar-refractivity contribution < 1.29 is 4.87 Å². The standard InChI is InChI=1S/C9H12N3O/c1-7-4-3-5-9(8(7)6-10)11-12(2)13/h3-6,10H,1-2H3,(H,11,13)/q+1. The van der Waals surface area contributed by atoms with Crippen molar-refractivity contribution in [2.24, 2.45) is 0 Å². The molecule has 0 aliphatic rings. The van der Waals surface area contributed by atoms with Crippen molar-refractivity contribution in [2.75, 3.05) is 12.5 Å². The molecular weight excluding hydrogens is 166 g/mol. The zero-order chi connectivity index (χ0) is 9.84. The zero-order valence-electron chi connectivity index (χ0n) is 7.66. The summed E-state index contributed by atoms with van der Waals surface area (Å²) in [6, 6.07) is 5.51. The molecule has 0 saturated heterocycles. The van der Waals surface area contributed by atoms with Crippen LogP contribution in [0.1, 0.15) is 11.1 Å². The topological polar surface area (TPSA) is 56.0 Å². The lowest BCUT2D eigenvalue weighted by Gasteiger charge is -2.03. The van der Waals surface area contributed by atoms with Crippen molar-refractivity contribution in [1.29, 1.82) is 5.41 Å². The predicted molar refractivity (Wildman–Crippen MR) is 52.2 cm³/mol. The molecule has 0 amide bonds. The highest BCUT2D eigenvalue weighted by Crippen LogP contribution is 2.16. The number of hydrogen-bond acceptors (Lipinski definition) is 2. The summed E-state index contributed by atoms with van der Waals surface area (Å²) in [5.41, 5.74) is 4.97. The molecule has 0 aliphatic heterocycles. The minimum atomic E-state index is 0.613. The Hall–Kier alpha value is -1.71. The van der Waals surface area contributed by atoms with Gasteiger partial charge in [0.2, 0.25) is 7.05 Å². The number of nitrogens with one attached hydrogen (secondary N) is 2. The van der Waals surface area contributed by atoms with Gasteiger partial charge < -0.3 is 5.41 Å². The maximum Gasteiger partial charge on any atom is 0.216 e. The van der Waals surface area contributed by atoms with Crippen LogP contribution in [0.15, 0.2) is 18.2 Å². The fourth-order valence-electron chi connectivity index (χ4n) is 1.14. The third-order valence-electron chi connectivity index (χ3n) is 1.75. The second-order valence-corrected chi connectivity index (χ2v) is 2.79. The highest BCUT2D eigenvalue weighted by atomic mass is 16.3. The van der Waals surface area contributed by atoms with Crippen LogP contribution in [0.25, 0.3) is 0 Å². The maximum absolute atomic E-state index is 10.7. The molecule has 4 nitrogen and oxygen atoms in total. The molecular formula is C9H12N3O+. The van der Waals surface area contributed by atoms with E-state index in [1.165, 1.54) is 13.3 Å². The molecule has 2 N–H and O–H groups in total. The van der Waals surface area contributed by atoms with E-state index in [1.54, 1.807) is 6.07 Å². The second-order valence-electron chi connectivity index (χ2n) is 2.79. The molecule has 0 aromatic heterocycles. The lowest BCUT2D eigenvalue weighted by Crippen LogP contribution is -2.11. The van der Waals surface area contributed by atoms with Crippen LogP contribution in [-0.4, -0.2) is 18.1 Å². The first-order valence-corrected chi connectivity index (χ1v) is 3.92. The molecule has 0 unspecified atom stereocenters. The van der Waals surface area contributed by atoms with Gasteiger partial charge in [-0.05, 0) is 18.6 Å². The van der Waals surface area contributed by atoms with E-state index in [1.807, 2.05) is 19.1 Å². The van der Waals surface area contributed by atoms with Gasteiger partial charge in [0, 0.05) is 11.8 Å². The highest BCUT2D eigenvalue weighted by molar-refractivity contribution is 5.87. The molecule has 0 heterocycles. The number of aryl methyl sites for hydroxylation is 1. The summed E-state index contributed by atoms with van der Waals surface area (Å²) in [6.07, 6.45) is 1.24. The number of hydrogen-bond donors (Lipinski definition) is 2. The van der Waals surface area contributed by atoms with E-state index in [9.17, 15) is 4.91 Å². The van der Waals surface area contributed by atoms with Gasteiger partial charge >= 0.3 is 0 Å². The molecule has 4 heteroatoms. The van der Waals surface area contributed by atoms with Crippen LogP contribution in [0.3, 0.4) is 0 Å². The van der Waals surface area contributed by atoms with Gasteiger partial charge in [0.05, 0.1) is 4.91 Å². The number of benzene rings is 1. The van der Waals surface area contributed by atoms with Crippen molar-refractivity contribution >= 4 is 11.9 Å². The molecule has 0 atom stereocenters. The van der Waals surface area contributed by atoms with Crippen LogP contribution in [0, 0.1) is 17.2 Å². The monoisotopic (exact) mass is 178 g/mol. The zero-order valence-corrected chi connectivity index (χ0v) is 7.66. The number of nitrogens with zero attached hydrogens (tertiary/aromatic N) is 1. The molecule has 13 heavy (non-hydrogen) atoms. The fraction of sp³-hybridized carbons (Fsp3) is 0.222. The molecule has 1 rings (SSSR count). The molecule has 0 spiro atoms. The predicted octanol–water partition coefficient (Wildman–Crippen LogP) is 1.73. The molecule has 0 bridgehead atoms. The van der Waals surface area contributed by atoms with Crippen molar-refractivity contribution in [1.82, 2.24) is 0 Å². The van der Waals surface area contributed by atoms with E-state index in [0.29, 0.717) is 10.6 Å². The van der Waals surface area contributed by atoms with Crippen molar-refractivity contribution in [3.05, 3.63) is 34.2 Å². The Morgan fingerprint density at radius 1 is 1.54 bits per heavy atom. The number of rotatable bonds is 3. The van der Waals surface area contributed by atoms with Crippen LogP contribution in [0.4, 0.5) is 5.69 Å². The molecule has 68 valence electrons. The van der Waals surface area contributed by atoms with Gasteiger partial charge in [-0.25, -0.2) is 0 Å². The van der Waals surface area contributed by atoms with E-state index >= 15 is 0 Å². The van der Waals surface area contributed by atoms with Gasteiger partial charge in [0.15, 0.2) is 0 Å². The lowest BCUT2D eigenvalue weighted by molar-refractivity contribution is -0.486. The number of anilines is 1. The summed E-state index contributed by atoms with van der Waals surface area (Å²) >= 11 is 0. The van der Waals surface area contributed by atoms with Gasteiger partial charge in [0.25, 0.3) is 0 Å². The normalized spacial score (nSPS) is 9.38. The summed E-state index contributed by atoms with van der Waals surface area (Å²) in [5.74, 6) is 0. The fourth-order valence-corrected chi connectivity index (χ4v) is 1.14. The minimum Gasteiger partial charge on any atom is -0.308 e. The van der Waals surface area contributed by atoms with E-state index in [-0.39, 0.29) is 0 Å². The third kappa shape index (κ3) is 2.11. The summed E-state index contributed by atoms with van der Waals surface area (Å²) in [4.78, 5) is 11.3. The van der Waals surface area contributed by atoms with E-state index in [4.69, 9.17) is 5.41 Å². The van der Waals surface area contributed by atoms with Gasteiger partial charge in [-0.15, -0.1) is 5.43 Å². The smallest absolute Gasteiger partial charge is 0.216 e. The Balaban J connectivity index is 3.12. The summed E-state index contributed by atoms with van der Waals surface area (Å²) in [7, 11) is 1.37. The van der Waals surface area contributed by atoms with E-state index < -0.39 is 0 Å². The Bertz CT molecular complexity index is 347. The second kappa shape index (κ2) is 3.80. The van der Waals surface area contributed by atoms with Crippen molar-refractivity contribution in [2.45, 2.75) is 6.92 Å². The average Bonchev–Trinajstić information content (AvgIpc) is 2.03. The van der Waals surface area contributed by atoms with E-state index in [2.05, 4.69) is 5.43 Å². The van der Waals surface area contributed by atoms with Crippen LogP contribution in [0.2, 0.25) is 0 Å². The molecule has 1 aromatic carbocycles. The number of hydrazine groups is 1. The summed E-state index contributed by atoms with van der Waals surface area (Å²) in [5, 5.41) is 7.18. The van der Waals surface area contributed by atoms with Gasteiger partial charge in [0.1, 0.15) is 10.6 Å². The molecule has 0 saturated carbocycles. The van der Waals surface area contributed by atoms with Crippen molar-refractivity contribution in [3.63, 3.8) is 0 Å².